The monoisotopic (exact) mass is 362 g/mol. The van der Waals surface area contributed by atoms with Gasteiger partial charge in [0, 0.05) is 31.7 Å². The number of guanidine groups is 1. The minimum atomic E-state index is 0.303. The lowest BCUT2D eigenvalue weighted by atomic mass is 10.1. The highest BCUT2D eigenvalue weighted by atomic mass is 16.7. The Balaban J connectivity index is 1.32. The number of aliphatic imine (C=N–C) groups is 1. The Hall–Kier alpha value is -3.28. The lowest BCUT2D eigenvalue weighted by molar-refractivity contribution is 0.174. The zero-order chi connectivity index (χ0) is 18.5. The molecule has 2 aromatic carbocycles. The molecule has 0 fully saturated rings. The number of nitrogens with zero attached hydrogens (tertiary/aromatic N) is 2. The van der Waals surface area contributed by atoms with Gasteiger partial charge in [-0.3, -0.25) is 9.98 Å². The molecule has 2 N–H and O–H groups in total. The Kier molecular flexibility index (Phi) is 5.05. The quantitative estimate of drug-likeness (QED) is 0.540. The Bertz CT molecular complexity index is 966. The zero-order valence-corrected chi connectivity index (χ0v) is 15.2. The molecule has 0 bridgehead atoms. The Morgan fingerprint density at radius 3 is 2.89 bits per heavy atom. The molecule has 138 valence electrons. The summed E-state index contributed by atoms with van der Waals surface area (Å²) in [7, 11) is 1.78. The van der Waals surface area contributed by atoms with Gasteiger partial charge in [0.1, 0.15) is 0 Å². The van der Waals surface area contributed by atoms with Crippen LogP contribution in [0.3, 0.4) is 0 Å². The number of para-hydroxylation sites is 1. The molecule has 0 atom stereocenters. The molecule has 1 aromatic heterocycles. The first-order valence-corrected chi connectivity index (χ1v) is 8.99. The predicted molar refractivity (Wildman–Crippen MR) is 106 cm³/mol. The smallest absolute Gasteiger partial charge is 0.231 e. The number of fused-ring (bicyclic) bond motifs is 2. The second kappa shape index (κ2) is 7.95. The lowest BCUT2D eigenvalue weighted by Gasteiger charge is -2.13. The summed E-state index contributed by atoms with van der Waals surface area (Å²) in [5.41, 5.74) is 3.39. The lowest BCUT2D eigenvalue weighted by Crippen LogP contribution is -2.37. The Morgan fingerprint density at radius 2 is 1.96 bits per heavy atom. The van der Waals surface area contributed by atoms with Crippen molar-refractivity contribution in [1.82, 2.24) is 15.6 Å². The molecule has 0 radical (unpaired) electrons. The van der Waals surface area contributed by atoms with Gasteiger partial charge in [0.25, 0.3) is 0 Å². The van der Waals surface area contributed by atoms with Crippen molar-refractivity contribution in [1.29, 1.82) is 0 Å². The van der Waals surface area contributed by atoms with Gasteiger partial charge in [-0.25, -0.2) is 0 Å². The van der Waals surface area contributed by atoms with Crippen molar-refractivity contribution >= 4 is 16.9 Å². The molecule has 0 amide bonds. The summed E-state index contributed by atoms with van der Waals surface area (Å²) < 4.78 is 10.8. The van der Waals surface area contributed by atoms with Crippen LogP contribution in [0.2, 0.25) is 0 Å². The van der Waals surface area contributed by atoms with Crippen molar-refractivity contribution in [2.75, 3.05) is 20.4 Å². The molecule has 27 heavy (non-hydrogen) atoms. The summed E-state index contributed by atoms with van der Waals surface area (Å²) in [4.78, 5) is 8.71. The maximum absolute atomic E-state index is 5.43. The fraction of sp³-hybridized carbons (Fsp3) is 0.238. The molecule has 6 nitrogen and oxygen atoms in total. The van der Waals surface area contributed by atoms with E-state index in [0.29, 0.717) is 13.3 Å². The number of pyridine rings is 1. The minimum Gasteiger partial charge on any atom is -0.454 e. The normalized spacial score (nSPS) is 13.0. The van der Waals surface area contributed by atoms with Gasteiger partial charge in [0.05, 0.1) is 5.52 Å². The van der Waals surface area contributed by atoms with Gasteiger partial charge in [-0.2, -0.15) is 0 Å². The maximum Gasteiger partial charge on any atom is 0.231 e. The van der Waals surface area contributed by atoms with Gasteiger partial charge in [-0.05, 0) is 41.8 Å². The summed E-state index contributed by atoms with van der Waals surface area (Å²) >= 11 is 0. The van der Waals surface area contributed by atoms with Crippen molar-refractivity contribution in [3.63, 3.8) is 0 Å². The molecule has 0 saturated heterocycles. The zero-order valence-electron chi connectivity index (χ0n) is 15.2. The van der Waals surface area contributed by atoms with Gasteiger partial charge in [-0.15, -0.1) is 0 Å². The fourth-order valence-corrected chi connectivity index (χ4v) is 3.13. The van der Waals surface area contributed by atoms with Crippen molar-refractivity contribution < 1.29 is 9.47 Å². The summed E-state index contributed by atoms with van der Waals surface area (Å²) in [5.74, 6) is 2.41. The predicted octanol–water partition coefficient (Wildman–Crippen LogP) is 2.87. The molecule has 0 spiro atoms. The minimum absolute atomic E-state index is 0.303. The van der Waals surface area contributed by atoms with Crippen LogP contribution in [-0.4, -0.2) is 31.3 Å². The SMILES string of the molecule is CN=C(NCCc1ccc2c(c1)OCO2)NCc1ccnc2ccccc12. The molecule has 1 aliphatic heterocycles. The van der Waals surface area contributed by atoms with E-state index in [1.54, 1.807) is 7.05 Å². The van der Waals surface area contributed by atoms with Gasteiger partial charge >= 0.3 is 0 Å². The third-order valence-corrected chi connectivity index (χ3v) is 4.55. The highest BCUT2D eigenvalue weighted by molar-refractivity contribution is 5.83. The largest absolute Gasteiger partial charge is 0.454 e. The van der Waals surface area contributed by atoms with Crippen molar-refractivity contribution in [3.8, 4) is 11.5 Å². The van der Waals surface area contributed by atoms with Crippen LogP contribution in [0.5, 0.6) is 11.5 Å². The van der Waals surface area contributed by atoms with E-state index in [0.717, 1.165) is 41.3 Å². The molecule has 0 saturated carbocycles. The molecule has 6 heteroatoms. The van der Waals surface area contributed by atoms with E-state index in [9.17, 15) is 0 Å². The molecule has 3 aromatic rings. The van der Waals surface area contributed by atoms with E-state index in [1.165, 1.54) is 11.1 Å². The number of hydrogen-bond donors (Lipinski definition) is 2. The molecular formula is C21H22N4O2. The molecule has 1 aliphatic rings. The molecule has 4 rings (SSSR count). The van der Waals surface area contributed by atoms with E-state index >= 15 is 0 Å². The highest BCUT2D eigenvalue weighted by Crippen LogP contribution is 2.32. The van der Waals surface area contributed by atoms with E-state index in [2.05, 4.69) is 32.7 Å². The van der Waals surface area contributed by atoms with Crippen molar-refractivity contribution in [3.05, 3.63) is 65.9 Å². The van der Waals surface area contributed by atoms with Crippen LogP contribution < -0.4 is 20.1 Å². The summed E-state index contributed by atoms with van der Waals surface area (Å²) in [5, 5.41) is 7.88. The van der Waals surface area contributed by atoms with Crippen molar-refractivity contribution in [2.24, 2.45) is 4.99 Å². The molecular weight excluding hydrogens is 340 g/mol. The Labute approximate surface area is 158 Å². The molecule has 0 aliphatic carbocycles. The first kappa shape index (κ1) is 17.1. The van der Waals surface area contributed by atoms with E-state index in [4.69, 9.17) is 9.47 Å². The highest BCUT2D eigenvalue weighted by Gasteiger charge is 2.13. The Morgan fingerprint density at radius 1 is 1.07 bits per heavy atom. The van der Waals surface area contributed by atoms with Crippen LogP contribution in [0.4, 0.5) is 0 Å². The average Bonchev–Trinajstić information content (AvgIpc) is 3.18. The topological polar surface area (TPSA) is 67.8 Å². The first-order chi connectivity index (χ1) is 13.3. The number of rotatable bonds is 5. The molecule has 2 heterocycles. The number of nitrogens with one attached hydrogen (secondary N) is 2. The van der Waals surface area contributed by atoms with E-state index in [1.807, 2.05) is 42.6 Å². The standard InChI is InChI=1S/C21H22N4O2/c1-22-21(24-10-8-15-6-7-19-20(12-15)27-14-26-19)25-13-16-9-11-23-18-5-3-2-4-17(16)18/h2-7,9,11-12H,8,10,13-14H2,1H3,(H2,22,24,25). The second-order valence-corrected chi connectivity index (χ2v) is 6.28. The third kappa shape index (κ3) is 3.95. The average molecular weight is 362 g/mol. The van der Waals surface area contributed by atoms with Crippen LogP contribution in [0.1, 0.15) is 11.1 Å². The van der Waals surface area contributed by atoms with Gasteiger partial charge < -0.3 is 20.1 Å². The summed E-state index contributed by atoms with van der Waals surface area (Å²) in [6.45, 7) is 1.76. The fourth-order valence-electron chi connectivity index (χ4n) is 3.13. The van der Waals surface area contributed by atoms with E-state index in [-0.39, 0.29) is 0 Å². The third-order valence-electron chi connectivity index (χ3n) is 4.55. The van der Waals surface area contributed by atoms with Crippen molar-refractivity contribution in [2.45, 2.75) is 13.0 Å². The van der Waals surface area contributed by atoms with Crippen LogP contribution in [-0.2, 0) is 13.0 Å². The number of aromatic nitrogens is 1. The van der Waals surface area contributed by atoms with Gasteiger partial charge in [0.2, 0.25) is 6.79 Å². The van der Waals surface area contributed by atoms with Gasteiger partial charge in [-0.1, -0.05) is 24.3 Å². The van der Waals surface area contributed by atoms with Crippen LogP contribution in [0.15, 0.2) is 59.7 Å². The van der Waals surface area contributed by atoms with Crippen LogP contribution in [0, 0.1) is 0 Å². The number of hydrogen-bond acceptors (Lipinski definition) is 4. The van der Waals surface area contributed by atoms with Crippen LogP contribution >= 0.6 is 0 Å². The number of benzene rings is 2. The maximum atomic E-state index is 5.43. The summed E-state index contributed by atoms with van der Waals surface area (Å²) in [6.07, 6.45) is 2.71. The summed E-state index contributed by atoms with van der Waals surface area (Å²) in [6, 6.07) is 16.2. The molecule has 0 unspecified atom stereocenters. The van der Waals surface area contributed by atoms with Crippen LogP contribution in [0.25, 0.3) is 10.9 Å². The second-order valence-electron chi connectivity index (χ2n) is 6.28. The van der Waals surface area contributed by atoms with E-state index < -0.39 is 0 Å². The van der Waals surface area contributed by atoms with Gasteiger partial charge in [0.15, 0.2) is 17.5 Å². The first-order valence-electron chi connectivity index (χ1n) is 8.99. The number of ether oxygens (including phenoxy) is 2.